The highest BCUT2D eigenvalue weighted by Crippen LogP contribution is 2.31. The van der Waals surface area contributed by atoms with Crippen LogP contribution in [0.1, 0.15) is 25.0 Å². The summed E-state index contributed by atoms with van der Waals surface area (Å²) in [7, 11) is 1.90. The third-order valence-electron chi connectivity index (χ3n) is 3.49. The van der Waals surface area contributed by atoms with Gasteiger partial charge in [-0.15, -0.1) is 0 Å². The van der Waals surface area contributed by atoms with E-state index < -0.39 is 0 Å². The minimum Gasteiger partial charge on any atom is -0.373 e. The molecule has 1 aromatic carbocycles. The largest absolute Gasteiger partial charge is 0.373 e. The summed E-state index contributed by atoms with van der Waals surface area (Å²) in [6, 6.07) is 8.40. The average molecular weight is 270 g/mol. The van der Waals surface area contributed by atoms with Crippen LogP contribution in [0.4, 0.5) is 17.3 Å². The standard InChI is InChI=1S/C16H22N4/c1-5-13-15(17-4)18-11-19-16(13)20(6-2)14-10-8-7-9-12(14)3/h7-11H,5-6H2,1-4H3,(H,17,18,19). The van der Waals surface area contributed by atoms with Crippen molar-refractivity contribution in [3.63, 3.8) is 0 Å². The maximum absolute atomic E-state index is 4.52. The minimum atomic E-state index is 0.873. The summed E-state index contributed by atoms with van der Waals surface area (Å²) in [6.45, 7) is 7.28. The first-order chi connectivity index (χ1) is 9.72. The Labute approximate surface area is 120 Å². The Hall–Kier alpha value is -2.10. The van der Waals surface area contributed by atoms with Crippen molar-refractivity contribution >= 4 is 17.3 Å². The minimum absolute atomic E-state index is 0.873. The highest BCUT2D eigenvalue weighted by atomic mass is 15.2. The number of aromatic nitrogens is 2. The van der Waals surface area contributed by atoms with Crippen molar-refractivity contribution in [2.75, 3.05) is 23.8 Å². The highest BCUT2D eigenvalue weighted by molar-refractivity contribution is 5.69. The maximum Gasteiger partial charge on any atom is 0.141 e. The van der Waals surface area contributed by atoms with Crippen molar-refractivity contribution in [3.05, 3.63) is 41.7 Å². The predicted molar refractivity (Wildman–Crippen MR) is 84.8 cm³/mol. The molecule has 1 N–H and O–H groups in total. The lowest BCUT2D eigenvalue weighted by Crippen LogP contribution is -2.21. The Morgan fingerprint density at radius 2 is 1.90 bits per heavy atom. The number of para-hydroxylation sites is 1. The molecule has 2 rings (SSSR count). The second kappa shape index (κ2) is 6.37. The van der Waals surface area contributed by atoms with Crippen LogP contribution in [0, 0.1) is 6.92 Å². The molecule has 2 aromatic rings. The Balaban J connectivity index is 2.55. The first-order valence-electron chi connectivity index (χ1n) is 7.07. The van der Waals surface area contributed by atoms with Gasteiger partial charge in [-0.2, -0.15) is 0 Å². The Kier molecular flexibility index (Phi) is 4.56. The number of hydrogen-bond acceptors (Lipinski definition) is 4. The molecule has 0 aliphatic rings. The van der Waals surface area contributed by atoms with E-state index in [0.29, 0.717) is 0 Å². The lowest BCUT2D eigenvalue weighted by molar-refractivity contribution is 0.936. The summed E-state index contributed by atoms with van der Waals surface area (Å²) in [6.07, 6.45) is 2.52. The van der Waals surface area contributed by atoms with Gasteiger partial charge in [0.2, 0.25) is 0 Å². The maximum atomic E-state index is 4.52. The van der Waals surface area contributed by atoms with Crippen LogP contribution in [0.3, 0.4) is 0 Å². The first kappa shape index (κ1) is 14.3. The molecule has 0 unspecified atom stereocenters. The molecule has 1 aromatic heterocycles. The van der Waals surface area contributed by atoms with E-state index in [0.717, 1.165) is 30.2 Å². The molecule has 0 spiro atoms. The predicted octanol–water partition coefficient (Wildman–Crippen LogP) is 3.55. The molecule has 0 saturated carbocycles. The summed E-state index contributed by atoms with van der Waals surface area (Å²) in [5, 5.41) is 3.15. The molecule has 0 atom stereocenters. The second-order valence-corrected chi connectivity index (χ2v) is 4.66. The molecule has 0 fully saturated rings. The van der Waals surface area contributed by atoms with Crippen LogP contribution >= 0.6 is 0 Å². The van der Waals surface area contributed by atoms with E-state index in [1.807, 2.05) is 7.05 Å². The number of anilines is 3. The number of aryl methyl sites for hydroxylation is 1. The molecular weight excluding hydrogens is 248 g/mol. The highest BCUT2D eigenvalue weighted by Gasteiger charge is 2.17. The summed E-state index contributed by atoms with van der Waals surface area (Å²) in [5.41, 5.74) is 3.60. The molecule has 20 heavy (non-hydrogen) atoms. The van der Waals surface area contributed by atoms with E-state index in [2.05, 4.69) is 65.2 Å². The van der Waals surface area contributed by atoms with Gasteiger partial charge in [-0.3, -0.25) is 0 Å². The molecule has 0 radical (unpaired) electrons. The summed E-state index contributed by atoms with van der Waals surface area (Å²) >= 11 is 0. The molecule has 0 amide bonds. The van der Waals surface area contributed by atoms with Crippen molar-refractivity contribution in [1.29, 1.82) is 0 Å². The fourth-order valence-corrected chi connectivity index (χ4v) is 2.48. The third-order valence-corrected chi connectivity index (χ3v) is 3.49. The Morgan fingerprint density at radius 3 is 2.50 bits per heavy atom. The molecule has 0 aliphatic heterocycles. The average Bonchev–Trinajstić information content (AvgIpc) is 2.49. The van der Waals surface area contributed by atoms with Crippen molar-refractivity contribution in [2.45, 2.75) is 27.2 Å². The molecular formula is C16H22N4. The molecule has 0 bridgehead atoms. The van der Waals surface area contributed by atoms with Crippen molar-refractivity contribution in [3.8, 4) is 0 Å². The van der Waals surface area contributed by atoms with Gasteiger partial charge in [-0.05, 0) is 31.9 Å². The van der Waals surface area contributed by atoms with Gasteiger partial charge in [-0.25, -0.2) is 9.97 Å². The zero-order valence-corrected chi connectivity index (χ0v) is 12.6. The fraction of sp³-hybridized carbons (Fsp3) is 0.375. The summed E-state index contributed by atoms with van der Waals surface area (Å²) in [5.74, 6) is 1.90. The molecule has 106 valence electrons. The van der Waals surface area contributed by atoms with Gasteiger partial charge in [0.05, 0.1) is 0 Å². The van der Waals surface area contributed by atoms with E-state index in [-0.39, 0.29) is 0 Å². The van der Waals surface area contributed by atoms with Crippen LogP contribution in [0.15, 0.2) is 30.6 Å². The molecule has 4 nitrogen and oxygen atoms in total. The van der Waals surface area contributed by atoms with E-state index in [1.165, 1.54) is 11.3 Å². The van der Waals surface area contributed by atoms with Gasteiger partial charge >= 0.3 is 0 Å². The van der Waals surface area contributed by atoms with Gasteiger partial charge in [0.25, 0.3) is 0 Å². The van der Waals surface area contributed by atoms with Gasteiger partial charge in [0.1, 0.15) is 18.0 Å². The lowest BCUT2D eigenvalue weighted by Gasteiger charge is -2.26. The number of rotatable bonds is 5. The van der Waals surface area contributed by atoms with E-state index in [9.17, 15) is 0 Å². The Bertz CT molecular complexity index is 580. The monoisotopic (exact) mass is 270 g/mol. The quantitative estimate of drug-likeness (QED) is 0.902. The van der Waals surface area contributed by atoms with Crippen LogP contribution in [-0.4, -0.2) is 23.6 Å². The normalized spacial score (nSPS) is 10.4. The zero-order valence-electron chi connectivity index (χ0n) is 12.6. The van der Waals surface area contributed by atoms with Crippen LogP contribution in [0.5, 0.6) is 0 Å². The Morgan fingerprint density at radius 1 is 1.15 bits per heavy atom. The zero-order chi connectivity index (χ0) is 14.5. The third kappa shape index (κ3) is 2.59. The van der Waals surface area contributed by atoms with Crippen molar-refractivity contribution in [2.24, 2.45) is 0 Å². The first-order valence-corrected chi connectivity index (χ1v) is 7.07. The van der Waals surface area contributed by atoms with E-state index in [1.54, 1.807) is 6.33 Å². The van der Waals surface area contributed by atoms with Crippen LogP contribution in [0.25, 0.3) is 0 Å². The van der Waals surface area contributed by atoms with E-state index in [4.69, 9.17) is 0 Å². The van der Waals surface area contributed by atoms with Crippen LogP contribution in [-0.2, 0) is 6.42 Å². The van der Waals surface area contributed by atoms with Crippen molar-refractivity contribution < 1.29 is 0 Å². The summed E-state index contributed by atoms with van der Waals surface area (Å²) in [4.78, 5) is 11.1. The smallest absolute Gasteiger partial charge is 0.141 e. The SMILES string of the molecule is CCc1c(NC)ncnc1N(CC)c1ccccc1C. The number of nitrogens with one attached hydrogen (secondary N) is 1. The van der Waals surface area contributed by atoms with Gasteiger partial charge < -0.3 is 10.2 Å². The molecule has 4 heteroatoms. The molecule has 1 heterocycles. The van der Waals surface area contributed by atoms with Crippen LogP contribution < -0.4 is 10.2 Å². The number of benzene rings is 1. The van der Waals surface area contributed by atoms with Crippen LogP contribution in [0.2, 0.25) is 0 Å². The van der Waals surface area contributed by atoms with Gasteiger partial charge in [-0.1, -0.05) is 25.1 Å². The van der Waals surface area contributed by atoms with Gasteiger partial charge in [0.15, 0.2) is 0 Å². The molecule has 0 saturated heterocycles. The van der Waals surface area contributed by atoms with Crippen molar-refractivity contribution in [1.82, 2.24) is 9.97 Å². The number of nitrogens with zero attached hydrogens (tertiary/aromatic N) is 3. The summed E-state index contributed by atoms with van der Waals surface area (Å²) < 4.78 is 0. The van der Waals surface area contributed by atoms with E-state index >= 15 is 0 Å². The topological polar surface area (TPSA) is 41.1 Å². The van der Waals surface area contributed by atoms with Gasteiger partial charge in [0, 0.05) is 24.8 Å². The number of hydrogen-bond donors (Lipinski definition) is 1. The fourth-order valence-electron chi connectivity index (χ4n) is 2.48. The molecule has 0 aliphatic carbocycles. The lowest BCUT2D eigenvalue weighted by atomic mass is 10.1. The second-order valence-electron chi connectivity index (χ2n) is 4.66.